The first-order valence-corrected chi connectivity index (χ1v) is 10.1. The Balaban J connectivity index is 1.62. The Morgan fingerprint density at radius 3 is 2.70 bits per heavy atom. The number of carbonyl (C=O) groups is 1. The Labute approximate surface area is 174 Å². The maximum Gasteiger partial charge on any atom is 0.254 e. The molecule has 0 N–H and O–H groups in total. The zero-order valence-corrected chi connectivity index (χ0v) is 17.0. The standard InChI is InChI=1S/C22H23N5O3/c1-29-20-5-3-4-19(21(20)30-2)15-9-16(11-18(10-15)27-13-23-24-25-27)22(28)26-12-14-6-7-17(26)8-14/h3-5,9-11,13-14,17H,6-8,12H2,1-2H3/t14-,17+/m0/s1. The van der Waals surface area contributed by atoms with Crippen molar-refractivity contribution < 1.29 is 14.3 Å². The molecule has 154 valence electrons. The second-order valence-corrected chi connectivity index (χ2v) is 7.85. The monoisotopic (exact) mass is 405 g/mol. The van der Waals surface area contributed by atoms with Crippen LogP contribution < -0.4 is 9.47 Å². The fourth-order valence-corrected chi connectivity index (χ4v) is 4.76. The van der Waals surface area contributed by atoms with E-state index in [4.69, 9.17) is 9.47 Å². The summed E-state index contributed by atoms with van der Waals surface area (Å²) in [5, 5.41) is 11.5. The summed E-state index contributed by atoms with van der Waals surface area (Å²) in [5.41, 5.74) is 3.01. The van der Waals surface area contributed by atoms with Gasteiger partial charge in [-0.2, -0.15) is 0 Å². The summed E-state index contributed by atoms with van der Waals surface area (Å²) in [6.07, 6.45) is 4.97. The second kappa shape index (κ2) is 7.44. The van der Waals surface area contributed by atoms with Crippen molar-refractivity contribution in [1.82, 2.24) is 25.1 Å². The molecule has 2 aromatic carbocycles. The summed E-state index contributed by atoms with van der Waals surface area (Å²) in [4.78, 5) is 15.5. The number of fused-ring (bicyclic) bond motifs is 2. The van der Waals surface area contributed by atoms with E-state index >= 15 is 0 Å². The minimum Gasteiger partial charge on any atom is -0.493 e. The number of aromatic nitrogens is 4. The third-order valence-corrected chi connectivity index (χ3v) is 6.16. The lowest BCUT2D eigenvalue weighted by Gasteiger charge is -2.27. The smallest absolute Gasteiger partial charge is 0.254 e. The molecule has 1 aliphatic heterocycles. The van der Waals surface area contributed by atoms with Gasteiger partial charge in [0.2, 0.25) is 0 Å². The molecule has 1 saturated carbocycles. The van der Waals surface area contributed by atoms with Crippen LogP contribution in [0.4, 0.5) is 0 Å². The third-order valence-electron chi connectivity index (χ3n) is 6.16. The number of hydrogen-bond acceptors (Lipinski definition) is 6. The molecule has 2 fully saturated rings. The zero-order chi connectivity index (χ0) is 20.7. The van der Waals surface area contributed by atoms with Crippen molar-refractivity contribution in [2.24, 2.45) is 5.92 Å². The summed E-state index contributed by atoms with van der Waals surface area (Å²) >= 11 is 0. The van der Waals surface area contributed by atoms with Crippen molar-refractivity contribution in [3.8, 4) is 28.3 Å². The molecule has 2 heterocycles. The lowest BCUT2D eigenvalue weighted by Crippen LogP contribution is -2.37. The first-order chi connectivity index (χ1) is 14.7. The van der Waals surface area contributed by atoms with E-state index in [9.17, 15) is 4.79 Å². The molecule has 30 heavy (non-hydrogen) atoms. The third kappa shape index (κ3) is 3.08. The number of ether oxygens (including phenoxy) is 2. The predicted molar refractivity (Wildman–Crippen MR) is 110 cm³/mol. The van der Waals surface area contributed by atoms with Gasteiger partial charge in [-0.25, -0.2) is 4.68 Å². The SMILES string of the molecule is COc1cccc(-c2cc(C(=O)N3C[C@H]4CC[C@@H]3C4)cc(-n3cnnn3)c2)c1OC. The van der Waals surface area contributed by atoms with Gasteiger partial charge in [0.15, 0.2) is 11.5 Å². The highest BCUT2D eigenvalue weighted by Gasteiger charge is 2.40. The number of piperidine rings is 1. The number of methoxy groups -OCH3 is 2. The Hall–Kier alpha value is -3.42. The van der Waals surface area contributed by atoms with Crippen molar-refractivity contribution in [2.45, 2.75) is 25.3 Å². The summed E-state index contributed by atoms with van der Waals surface area (Å²) in [6.45, 7) is 0.844. The molecule has 0 unspecified atom stereocenters. The molecule has 1 aliphatic carbocycles. The maximum atomic E-state index is 13.4. The van der Waals surface area contributed by atoms with Gasteiger partial charge in [0.05, 0.1) is 19.9 Å². The van der Waals surface area contributed by atoms with Gasteiger partial charge in [0, 0.05) is 23.7 Å². The molecule has 1 saturated heterocycles. The molecule has 2 atom stereocenters. The Morgan fingerprint density at radius 1 is 1.13 bits per heavy atom. The molecule has 8 heteroatoms. The van der Waals surface area contributed by atoms with E-state index in [1.165, 1.54) is 12.7 Å². The van der Waals surface area contributed by atoms with Gasteiger partial charge >= 0.3 is 0 Å². The van der Waals surface area contributed by atoms with Crippen LogP contribution in [0.1, 0.15) is 29.6 Å². The van der Waals surface area contributed by atoms with Crippen LogP contribution in [0, 0.1) is 5.92 Å². The second-order valence-electron chi connectivity index (χ2n) is 7.85. The fraction of sp³-hybridized carbons (Fsp3) is 0.364. The minimum absolute atomic E-state index is 0.0558. The van der Waals surface area contributed by atoms with E-state index in [0.717, 1.165) is 36.2 Å². The number of para-hydroxylation sites is 1. The van der Waals surface area contributed by atoms with Gasteiger partial charge in [-0.3, -0.25) is 4.79 Å². The number of likely N-dealkylation sites (tertiary alicyclic amines) is 1. The average molecular weight is 405 g/mol. The molecule has 2 bridgehead atoms. The van der Waals surface area contributed by atoms with Gasteiger partial charge in [0.25, 0.3) is 5.91 Å². The summed E-state index contributed by atoms with van der Waals surface area (Å²) in [7, 11) is 3.22. The lowest BCUT2D eigenvalue weighted by molar-refractivity contribution is 0.0703. The number of carbonyl (C=O) groups excluding carboxylic acids is 1. The van der Waals surface area contributed by atoms with Crippen LogP contribution in [0.5, 0.6) is 11.5 Å². The molecule has 2 aliphatic rings. The number of rotatable bonds is 5. The fourth-order valence-electron chi connectivity index (χ4n) is 4.76. The summed E-state index contributed by atoms with van der Waals surface area (Å²) in [6, 6.07) is 11.8. The van der Waals surface area contributed by atoms with Crippen LogP contribution in [0.25, 0.3) is 16.8 Å². The zero-order valence-electron chi connectivity index (χ0n) is 17.0. The summed E-state index contributed by atoms with van der Waals surface area (Å²) in [5.74, 6) is 1.94. The van der Waals surface area contributed by atoms with Crippen molar-refractivity contribution in [2.75, 3.05) is 20.8 Å². The Kier molecular flexibility index (Phi) is 4.61. The van der Waals surface area contributed by atoms with Crippen molar-refractivity contribution in [3.63, 3.8) is 0 Å². The molecule has 8 nitrogen and oxygen atoms in total. The topological polar surface area (TPSA) is 82.4 Å². The van der Waals surface area contributed by atoms with Crippen LogP contribution in [-0.2, 0) is 0 Å². The first kappa shape index (κ1) is 18.6. The van der Waals surface area contributed by atoms with Crippen LogP contribution in [0.3, 0.4) is 0 Å². The number of hydrogen-bond donors (Lipinski definition) is 0. The largest absolute Gasteiger partial charge is 0.493 e. The highest BCUT2D eigenvalue weighted by atomic mass is 16.5. The van der Waals surface area contributed by atoms with Gasteiger partial charge in [-0.05, 0) is 65.4 Å². The molecule has 1 aromatic heterocycles. The first-order valence-electron chi connectivity index (χ1n) is 10.1. The number of nitrogens with zero attached hydrogens (tertiary/aromatic N) is 5. The highest BCUT2D eigenvalue weighted by molar-refractivity contribution is 5.97. The number of benzene rings is 2. The van der Waals surface area contributed by atoms with E-state index < -0.39 is 0 Å². The van der Waals surface area contributed by atoms with Crippen molar-refractivity contribution in [1.29, 1.82) is 0 Å². The Morgan fingerprint density at radius 2 is 2.03 bits per heavy atom. The molecule has 0 spiro atoms. The molecular formula is C22H23N5O3. The molecule has 3 aromatic rings. The van der Waals surface area contributed by atoms with Gasteiger partial charge in [0.1, 0.15) is 6.33 Å². The molecular weight excluding hydrogens is 382 g/mol. The molecule has 1 amide bonds. The van der Waals surface area contributed by atoms with Crippen LogP contribution in [-0.4, -0.2) is 57.8 Å². The van der Waals surface area contributed by atoms with Gasteiger partial charge in [-0.15, -0.1) is 5.10 Å². The minimum atomic E-state index is 0.0558. The normalized spacial score (nSPS) is 19.9. The van der Waals surface area contributed by atoms with Gasteiger partial charge < -0.3 is 14.4 Å². The van der Waals surface area contributed by atoms with Crippen LogP contribution in [0.15, 0.2) is 42.7 Å². The van der Waals surface area contributed by atoms with Crippen LogP contribution >= 0.6 is 0 Å². The van der Waals surface area contributed by atoms with E-state index in [1.54, 1.807) is 18.9 Å². The molecule has 5 rings (SSSR count). The number of tetrazole rings is 1. The van der Waals surface area contributed by atoms with E-state index in [-0.39, 0.29) is 5.91 Å². The van der Waals surface area contributed by atoms with E-state index in [1.807, 2.05) is 41.3 Å². The van der Waals surface area contributed by atoms with Gasteiger partial charge in [-0.1, -0.05) is 12.1 Å². The lowest BCUT2D eigenvalue weighted by atomic mass is 9.99. The van der Waals surface area contributed by atoms with Crippen molar-refractivity contribution in [3.05, 3.63) is 48.3 Å². The number of amides is 1. The van der Waals surface area contributed by atoms with Crippen LogP contribution in [0.2, 0.25) is 0 Å². The maximum absolute atomic E-state index is 13.4. The quantitative estimate of drug-likeness (QED) is 0.649. The summed E-state index contributed by atoms with van der Waals surface area (Å²) < 4.78 is 12.6. The van der Waals surface area contributed by atoms with Crippen molar-refractivity contribution >= 4 is 5.91 Å². The highest BCUT2D eigenvalue weighted by Crippen LogP contribution is 2.40. The Bertz CT molecular complexity index is 1080. The molecule has 0 radical (unpaired) electrons. The predicted octanol–water partition coefficient (Wildman–Crippen LogP) is 2.97. The average Bonchev–Trinajstić information content (AvgIpc) is 3.56. The van der Waals surface area contributed by atoms with E-state index in [2.05, 4.69) is 15.5 Å². The van der Waals surface area contributed by atoms with E-state index in [0.29, 0.717) is 29.0 Å².